The molecule has 2 N–H and O–H groups in total. The van der Waals surface area contributed by atoms with E-state index in [9.17, 15) is 9.59 Å². The molecule has 0 saturated carbocycles. The molecule has 0 aliphatic carbocycles. The fourth-order valence-corrected chi connectivity index (χ4v) is 3.09. The van der Waals surface area contributed by atoms with Crippen LogP contribution in [-0.2, 0) is 6.54 Å². The number of para-hydroxylation sites is 1. The second-order valence-electron chi connectivity index (χ2n) is 7.26. The smallest absolute Gasteiger partial charge is 0.255 e. The third kappa shape index (κ3) is 5.08. The number of pyridine rings is 1. The number of nitrogens with one attached hydrogen (secondary N) is 2. The van der Waals surface area contributed by atoms with Crippen LogP contribution in [0.15, 0.2) is 67.0 Å². The zero-order valence-electron chi connectivity index (χ0n) is 16.9. The molecule has 0 aliphatic rings. The summed E-state index contributed by atoms with van der Waals surface area (Å²) in [6.07, 6.45) is 3.38. The maximum Gasteiger partial charge on any atom is 0.255 e. The molecule has 0 radical (unpaired) electrons. The van der Waals surface area contributed by atoms with Crippen molar-refractivity contribution in [3.63, 3.8) is 0 Å². The van der Waals surface area contributed by atoms with Gasteiger partial charge in [0.2, 0.25) is 0 Å². The van der Waals surface area contributed by atoms with Crippen LogP contribution in [0, 0.1) is 6.92 Å². The number of carbonyl (C=O) groups is 2. The van der Waals surface area contributed by atoms with E-state index < -0.39 is 0 Å². The first-order valence-electron chi connectivity index (χ1n) is 9.63. The summed E-state index contributed by atoms with van der Waals surface area (Å²) in [5.74, 6) is -0.0728. The number of anilines is 1. The van der Waals surface area contributed by atoms with Gasteiger partial charge in [0.1, 0.15) is 0 Å². The number of benzene rings is 2. The van der Waals surface area contributed by atoms with Gasteiger partial charge in [-0.3, -0.25) is 14.6 Å². The standard InChI is InChI=1S/C24H25N3O2/c1-16(2)21-6-4-5-17(3)22(21)27-24(29)20-9-7-19(8-10-20)23(28)26-15-18-11-13-25-14-12-18/h4-14,16H,15H2,1-3H3,(H,26,28)(H,27,29). The van der Waals surface area contributed by atoms with Crippen molar-refractivity contribution in [2.75, 3.05) is 5.32 Å². The Bertz CT molecular complexity index is 996. The fraction of sp³-hybridized carbons (Fsp3) is 0.208. The molecule has 3 rings (SSSR count). The quantitative estimate of drug-likeness (QED) is 0.644. The number of aryl methyl sites for hydroxylation is 1. The van der Waals surface area contributed by atoms with Gasteiger partial charge < -0.3 is 10.6 Å². The largest absolute Gasteiger partial charge is 0.348 e. The predicted octanol–water partition coefficient (Wildman–Crippen LogP) is 4.70. The number of carbonyl (C=O) groups excluding carboxylic acids is 2. The minimum atomic E-state index is -0.190. The summed E-state index contributed by atoms with van der Waals surface area (Å²) in [5.41, 5.74) is 4.97. The average molecular weight is 387 g/mol. The molecular formula is C24H25N3O2. The van der Waals surface area contributed by atoms with Crippen LogP contribution in [0.4, 0.5) is 5.69 Å². The van der Waals surface area contributed by atoms with Crippen LogP contribution in [0.3, 0.4) is 0 Å². The Morgan fingerprint density at radius 1 is 0.897 bits per heavy atom. The number of nitrogens with zero attached hydrogens (tertiary/aromatic N) is 1. The SMILES string of the molecule is Cc1cccc(C(C)C)c1NC(=O)c1ccc(C(=O)NCc2ccncc2)cc1. The fourth-order valence-electron chi connectivity index (χ4n) is 3.09. The van der Waals surface area contributed by atoms with Crippen LogP contribution in [0.2, 0.25) is 0 Å². The van der Waals surface area contributed by atoms with Gasteiger partial charge >= 0.3 is 0 Å². The first kappa shape index (κ1) is 20.3. The Morgan fingerprint density at radius 3 is 2.14 bits per heavy atom. The van der Waals surface area contributed by atoms with Crippen LogP contribution in [0.1, 0.15) is 57.2 Å². The Kier molecular flexibility index (Phi) is 6.39. The summed E-state index contributed by atoms with van der Waals surface area (Å²) in [7, 11) is 0. The van der Waals surface area contributed by atoms with Gasteiger partial charge in [0.05, 0.1) is 0 Å². The number of amides is 2. The monoisotopic (exact) mass is 387 g/mol. The molecule has 148 valence electrons. The second kappa shape index (κ2) is 9.15. The Hall–Kier alpha value is -3.47. The molecule has 2 aromatic carbocycles. The molecule has 5 heteroatoms. The molecular weight excluding hydrogens is 362 g/mol. The summed E-state index contributed by atoms with van der Waals surface area (Å²) >= 11 is 0. The number of hydrogen-bond acceptors (Lipinski definition) is 3. The van der Waals surface area contributed by atoms with E-state index in [1.165, 1.54) is 0 Å². The predicted molar refractivity (Wildman–Crippen MR) is 115 cm³/mol. The summed E-state index contributed by atoms with van der Waals surface area (Å²) in [6, 6.07) is 16.4. The summed E-state index contributed by atoms with van der Waals surface area (Å²) in [6.45, 7) is 6.61. The minimum Gasteiger partial charge on any atom is -0.348 e. The molecule has 5 nitrogen and oxygen atoms in total. The number of hydrogen-bond donors (Lipinski definition) is 2. The van der Waals surface area contributed by atoms with Crippen molar-refractivity contribution >= 4 is 17.5 Å². The molecule has 1 heterocycles. The lowest BCUT2D eigenvalue weighted by Gasteiger charge is -2.16. The maximum absolute atomic E-state index is 12.7. The lowest BCUT2D eigenvalue weighted by Crippen LogP contribution is -2.23. The number of aromatic nitrogens is 1. The highest BCUT2D eigenvalue weighted by molar-refractivity contribution is 6.05. The molecule has 0 fully saturated rings. The van der Waals surface area contributed by atoms with Gasteiger partial charge in [0.15, 0.2) is 0 Å². The van der Waals surface area contributed by atoms with Crippen LogP contribution < -0.4 is 10.6 Å². The molecule has 29 heavy (non-hydrogen) atoms. The lowest BCUT2D eigenvalue weighted by atomic mass is 9.98. The average Bonchev–Trinajstić information content (AvgIpc) is 2.74. The van der Waals surface area contributed by atoms with Crippen molar-refractivity contribution in [2.45, 2.75) is 33.2 Å². The van der Waals surface area contributed by atoms with Crippen molar-refractivity contribution < 1.29 is 9.59 Å². The van der Waals surface area contributed by atoms with Crippen molar-refractivity contribution in [3.05, 3.63) is 94.8 Å². The molecule has 0 bridgehead atoms. The summed E-state index contributed by atoms with van der Waals surface area (Å²) < 4.78 is 0. The van der Waals surface area contributed by atoms with Gasteiger partial charge in [-0.15, -0.1) is 0 Å². The second-order valence-corrected chi connectivity index (χ2v) is 7.26. The van der Waals surface area contributed by atoms with Crippen molar-refractivity contribution in [1.82, 2.24) is 10.3 Å². The molecule has 0 atom stereocenters. The van der Waals surface area contributed by atoms with Gasteiger partial charge in [-0.1, -0.05) is 32.0 Å². The van der Waals surface area contributed by atoms with Gasteiger partial charge in [-0.2, -0.15) is 0 Å². The molecule has 0 saturated heterocycles. The van der Waals surface area contributed by atoms with E-state index in [4.69, 9.17) is 0 Å². The normalized spacial score (nSPS) is 10.6. The van der Waals surface area contributed by atoms with Gasteiger partial charge in [0, 0.05) is 35.8 Å². The van der Waals surface area contributed by atoms with E-state index in [1.807, 2.05) is 37.3 Å². The van der Waals surface area contributed by atoms with E-state index in [-0.39, 0.29) is 11.8 Å². The van der Waals surface area contributed by atoms with Crippen molar-refractivity contribution in [2.24, 2.45) is 0 Å². The summed E-state index contributed by atoms with van der Waals surface area (Å²) in [5, 5.41) is 5.89. The molecule has 0 unspecified atom stereocenters. The first-order valence-corrected chi connectivity index (χ1v) is 9.63. The molecule has 3 aromatic rings. The van der Waals surface area contributed by atoms with Crippen LogP contribution in [-0.4, -0.2) is 16.8 Å². The third-order valence-electron chi connectivity index (χ3n) is 4.78. The van der Waals surface area contributed by atoms with Crippen molar-refractivity contribution in [1.29, 1.82) is 0 Å². The van der Waals surface area contributed by atoms with E-state index in [2.05, 4.69) is 29.5 Å². The highest BCUT2D eigenvalue weighted by Crippen LogP contribution is 2.27. The Labute approximate surface area is 171 Å². The molecule has 2 amide bonds. The maximum atomic E-state index is 12.7. The van der Waals surface area contributed by atoms with Crippen molar-refractivity contribution in [3.8, 4) is 0 Å². The van der Waals surface area contributed by atoms with E-state index >= 15 is 0 Å². The topological polar surface area (TPSA) is 71.1 Å². The highest BCUT2D eigenvalue weighted by atomic mass is 16.2. The van der Waals surface area contributed by atoms with Crippen LogP contribution >= 0.6 is 0 Å². The van der Waals surface area contributed by atoms with Crippen LogP contribution in [0.25, 0.3) is 0 Å². The van der Waals surface area contributed by atoms with E-state index in [0.717, 1.165) is 22.4 Å². The van der Waals surface area contributed by atoms with Crippen LogP contribution in [0.5, 0.6) is 0 Å². The Morgan fingerprint density at radius 2 is 1.52 bits per heavy atom. The Balaban J connectivity index is 1.67. The lowest BCUT2D eigenvalue weighted by molar-refractivity contribution is 0.0949. The van der Waals surface area contributed by atoms with E-state index in [1.54, 1.807) is 36.7 Å². The van der Waals surface area contributed by atoms with Gasteiger partial charge in [-0.25, -0.2) is 0 Å². The number of rotatable bonds is 6. The molecule has 1 aromatic heterocycles. The molecule has 0 spiro atoms. The zero-order valence-corrected chi connectivity index (χ0v) is 16.9. The summed E-state index contributed by atoms with van der Waals surface area (Å²) in [4.78, 5) is 29.0. The van der Waals surface area contributed by atoms with E-state index in [0.29, 0.717) is 23.6 Å². The highest BCUT2D eigenvalue weighted by Gasteiger charge is 2.14. The third-order valence-corrected chi connectivity index (χ3v) is 4.78. The van der Waals surface area contributed by atoms with Gasteiger partial charge in [0.25, 0.3) is 11.8 Å². The minimum absolute atomic E-state index is 0.185. The van der Waals surface area contributed by atoms with Gasteiger partial charge in [-0.05, 0) is 65.9 Å². The molecule has 0 aliphatic heterocycles. The zero-order chi connectivity index (χ0) is 20.8. The first-order chi connectivity index (χ1) is 14.0.